The largest absolute Gasteiger partial charge is 0.394 e. The molecule has 0 aliphatic rings. The van der Waals surface area contributed by atoms with Gasteiger partial charge in [-0.25, -0.2) is 0 Å². The molecule has 0 atom stereocenters. The number of ether oxygens (including phenoxy) is 5. The Morgan fingerprint density at radius 2 is 0.864 bits per heavy atom. The van der Waals surface area contributed by atoms with E-state index in [2.05, 4.69) is 15.4 Å². The van der Waals surface area contributed by atoms with Crippen molar-refractivity contribution in [2.75, 3.05) is 83.1 Å². The average molecular weight is 940 g/mol. The first-order valence-corrected chi connectivity index (χ1v) is 19.1. The Balaban J connectivity index is 0.000000932. The summed E-state index contributed by atoms with van der Waals surface area (Å²) >= 11 is 0. The first-order valence-electron chi connectivity index (χ1n) is 19.1. The number of Topliss-reactive ketones (excluding diaryl/α,β-unsaturated/α-hetero) is 1. The van der Waals surface area contributed by atoms with Gasteiger partial charge in [-0.2, -0.15) is 0 Å². The molecule has 0 aliphatic carbocycles. The van der Waals surface area contributed by atoms with E-state index in [1.165, 1.54) is 63.2 Å². The molecule has 4 N–H and O–H groups in total. The van der Waals surface area contributed by atoms with Crippen molar-refractivity contribution in [1.82, 2.24) is 0 Å². The van der Waals surface area contributed by atoms with Crippen molar-refractivity contribution in [1.29, 1.82) is 0 Å². The van der Waals surface area contributed by atoms with Gasteiger partial charge >= 0.3 is 11.9 Å². The molecule has 0 aliphatic heterocycles. The van der Waals surface area contributed by atoms with Gasteiger partial charge in [0.05, 0.1) is 94.0 Å². The first kappa shape index (κ1) is 58.3. The molecule has 0 bridgehead atoms. The van der Waals surface area contributed by atoms with Gasteiger partial charge in [0.15, 0.2) is 0 Å². The average Bonchev–Trinajstić information content (AvgIpc) is 3.25. The van der Waals surface area contributed by atoms with E-state index in [0.717, 1.165) is 18.2 Å². The number of nitrogens with zero attached hydrogens (tertiary/aromatic N) is 6. The summed E-state index contributed by atoms with van der Waals surface area (Å²) in [5, 5.41) is 69.1. The van der Waals surface area contributed by atoms with Crippen LogP contribution in [0.4, 0.5) is 45.5 Å². The van der Waals surface area contributed by atoms with Crippen molar-refractivity contribution >= 4 is 63.2 Å². The Bertz CT molecular complexity index is 2050. The molecule has 0 aromatic heterocycles. The molecule has 0 heterocycles. The summed E-state index contributed by atoms with van der Waals surface area (Å²) in [6.45, 7) is 8.15. The third-order valence-electron chi connectivity index (χ3n) is 7.26. The van der Waals surface area contributed by atoms with Gasteiger partial charge in [0.25, 0.3) is 34.1 Å². The van der Waals surface area contributed by atoms with Gasteiger partial charge in [-0.05, 0) is 31.5 Å². The highest BCUT2D eigenvalue weighted by atomic mass is 16.7. The van der Waals surface area contributed by atoms with Crippen LogP contribution in [0.3, 0.4) is 0 Å². The van der Waals surface area contributed by atoms with Crippen molar-refractivity contribution in [3.63, 3.8) is 0 Å². The molecular formula is C37H49N9O20. The Kier molecular flexibility index (Phi) is 29.8. The molecule has 0 spiro atoms. The fraction of sp³-hybridized carbons (Fsp3) is 0.432. The Morgan fingerprint density at radius 3 is 1.18 bits per heavy atom. The second-order valence-corrected chi connectivity index (χ2v) is 12.4. The fourth-order valence-corrected chi connectivity index (χ4v) is 4.46. The predicted octanol–water partition coefficient (Wildman–Crippen LogP) is 4.82. The van der Waals surface area contributed by atoms with E-state index in [1.54, 1.807) is 0 Å². The monoisotopic (exact) mass is 939 g/mol. The van der Waals surface area contributed by atoms with Crippen LogP contribution in [-0.4, -0.2) is 120 Å². The van der Waals surface area contributed by atoms with Gasteiger partial charge in [0.1, 0.15) is 17.2 Å². The summed E-state index contributed by atoms with van der Waals surface area (Å²) in [4.78, 5) is 89.8. The van der Waals surface area contributed by atoms with Gasteiger partial charge in [0.2, 0.25) is 0 Å². The lowest BCUT2D eigenvalue weighted by Crippen LogP contribution is -2.15. The van der Waals surface area contributed by atoms with Crippen LogP contribution in [-0.2, 0) is 38.1 Å². The molecule has 0 fully saturated rings. The number of non-ortho nitro benzene ring substituents is 4. The zero-order valence-electron chi connectivity index (χ0n) is 35.9. The third-order valence-corrected chi connectivity index (χ3v) is 7.26. The molecule has 3 aromatic carbocycles. The lowest BCUT2D eigenvalue weighted by molar-refractivity contribution is -0.394. The summed E-state index contributed by atoms with van der Waals surface area (Å²) in [5.41, 5.74) is 3.73. The number of nitro benzene ring substituents is 6. The lowest BCUT2D eigenvalue weighted by atomic mass is 10.2. The maximum atomic E-state index is 11.0. The number of hydrogen-bond donors (Lipinski definition) is 3. The lowest BCUT2D eigenvalue weighted by Gasteiger charge is -2.08. The Morgan fingerprint density at radius 1 is 0.500 bits per heavy atom. The molecule has 0 amide bonds. The van der Waals surface area contributed by atoms with E-state index in [1.807, 2.05) is 0 Å². The van der Waals surface area contributed by atoms with Gasteiger partial charge in [-0.1, -0.05) is 0 Å². The normalized spacial score (nSPS) is 9.94. The highest BCUT2D eigenvalue weighted by Crippen LogP contribution is 2.30. The first-order chi connectivity index (χ1) is 31.2. The number of anilines is 2. The molecule has 66 heavy (non-hydrogen) atoms. The van der Waals surface area contributed by atoms with Crippen molar-refractivity contribution in [3.8, 4) is 0 Å². The van der Waals surface area contributed by atoms with Crippen LogP contribution < -0.4 is 16.4 Å². The minimum Gasteiger partial charge on any atom is -0.394 e. The van der Waals surface area contributed by atoms with Gasteiger partial charge in [0, 0.05) is 70.8 Å². The maximum absolute atomic E-state index is 11.0. The number of hydrogen-bond acceptors (Lipinski definition) is 23. The molecule has 0 saturated heterocycles. The second-order valence-electron chi connectivity index (χ2n) is 12.4. The fourth-order valence-electron chi connectivity index (χ4n) is 4.46. The number of nitrogens with two attached hydrogens (primary N) is 1. The van der Waals surface area contributed by atoms with Crippen LogP contribution in [0.15, 0.2) is 60.7 Å². The number of nitro groups is 6. The highest BCUT2D eigenvalue weighted by Gasteiger charge is 2.20. The predicted molar refractivity (Wildman–Crippen MR) is 231 cm³/mol. The van der Waals surface area contributed by atoms with Crippen molar-refractivity contribution in [2.45, 2.75) is 33.6 Å². The zero-order chi connectivity index (χ0) is 50.0. The highest BCUT2D eigenvalue weighted by molar-refractivity contribution is 5.82. The number of esters is 2. The van der Waals surface area contributed by atoms with E-state index in [9.17, 15) is 75.1 Å². The van der Waals surface area contributed by atoms with Crippen molar-refractivity contribution in [3.05, 3.63) is 121 Å². The Hall–Kier alpha value is -7.73. The molecule has 3 rings (SSSR count). The molecule has 0 saturated carbocycles. The molecule has 0 radical (unpaired) electrons. The molecule has 3 aromatic rings. The van der Waals surface area contributed by atoms with E-state index < -0.39 is 41.5 Å². The SMILES string of the molecule is CC(=O)CCCOCCOCCNc1ccc([N+](=O)[O-])cc1[N+](=O)[O-].CC(=O)OC(C)=O.NCCOCCOCCNc1ccc([N+](=O)[O-])cc1[N+](=O)[O-].O=[N+]([O-])c1cccc([N+](=O)[O-])c1. The minimum atomic E-state index is -0.684. The standard InChI is InChI=1S/C15H21N3O7.C12H18N4O6.C6H4N2O4.C4H6O3/c1-12(19)3-2-7-24-9-10-25-8-6-16-14-5-4-13(17(20)21)11-15(14)18(22)23;13-3-5-21-7-8-22-6-4-14-11-2-1-10(15(17)18)9-12(11)16(19)20;9-7(10)5-2-1-3-6(4-5)8(11)12;1-3(5)7-4(2)6/h4-5,11,16H,2-3,6-10H2,1H3;1-2,9,14H,3-8,13H2;1-4H;1-2H3. The number of rotatable bonds is 26. The Labute approximate surface area is 374 Å². The number of nitrogens with one attached hydrogen (secondary N) is 2. The van der Waals surface area contributed by atoms with Crippen molar-refractivity contribution < 1.29 is 67.6 Å². The molecular weight excluding hydrogens is 890 g/mol. The molecule has 0 unspecified atom stereocenters. The summed E-state index contributed by atoms with van der Waals surface area (Å²) in [6.07, 6.45) is 1.18. The van der Waals surface area contributed by atoms with Gasteiger partial charge in [-0.15, -0.1) is 0 Å². The van der Waals surface area contributed by atoms with Crippen LogP contribution in [0.1, 0.15) is 33.6 Å². The number of carbonyl (C=O) groups excluding carboxylic acids is 3. The van der Waals surface area contributed by atoms with Crippen LogP contribution in [0.5, 0.6) is 0 Å². The topological polar surface area (TPSA) is 406 Å². The zero-order valence-corrected chi connectivity index (χ0v) is 35.9. The summed E-state index contributed by atoms with van der Waals surface area (Å²) in [6, 6.07) is 11.4. The van der Waals surface area contributed by atoms with Crippen LogP contribution in [0, 0.1) is 60.7 Å². The summed E-state index contributed by atoms with van der Waals surface area (Å²) < 4.78 is 24.9. The summed E-state index contributed by atoms with van der Waals surface area (Å²) in [5.74, 6) is -0.994. The number of benzene rings is 3. The third kappa shape index (κ3) is 27.4. The van der Waals surface area contributed by atoms with Crippen LogP contribution >= 0.6 is 0 Å². The van der Waals surface area contributed by atoms with Crippen molar-refractivity contribution in [2.24, 2.45) is 5.73 Å². The van der Waals surface area contributed by atoms with Crippen LogP contribution in [0.2, 0.25) is 0 Å². The maximum Gasteiger partial charge on any atom is 0.310 e. The minimum absolute atomic E-state index is 0.131. The second kappa shape index (κ2) is 33.8. The van der Waals surface area contributed by atoms with Gasteiger partial charge < -0.3 is 44.8 Å². The number of carbonyl (C=O) groups is 3. The van der Waals surface area contributed by atoms with Crippen LogP contribution in [0.25, 0.3) is 0 Å². The molecule has 362 valence electrons. The van der Waals surface area contributed by atoms with E-state index in [0.29, 0.717) is 85.3 Å². The van der Waals surface area contributed by atoms with E-state index >= 15 is 0 Å². The van der Waals surface area contributed by atoms with E-state index in [-0.39, 0.29) is 51.3 Å². The molecule has 29 nitrogen and oxygen atoms in total. The quantitative estimate of drug-likeness (QED) is 0.0319. The molecule has 29 heteroatoms. The number of ketones is 1. The smallest absolute Gasteiger partial charge is 0.310 e. The van der Waals surface area contributed by atoms with Gasteiger partial charge in [-0.3, -0.25) is 70.3 Å². The summed E-state index contributed by atoms with van der Waals surface area (Å²) in [7, 11) is 0. The van der Waals surface area contributed by atoms with E-state index in [4.69, 9.17) is 24.7 Å².